The lowest BCUT2D eigenvalue weighted by atomic mass is 9.98. The van der Waals surface area contributed by atoms with Crippen molar-refractivity contribution in [3.05, 3.63) is 58.2 Å². The van der Waals surface area contributed by atoms with Crippen LogP contribution in [-0.4, -0.2) is 36.7 Å². The molecule has 0 aliphatic carbocycles. The standard InChI is InChI=1S/C22H21ClN2O5/c1-4-24-29-12-11-18(26)30-22-13(2)25-16-9-10-17(28-3)20(19(16)22)21(27)14-5-7-15(23)8-6-14/h4-10,25H,11-12H2,1-3H3. The molecule has 0 spiro atoms. The number of ketones is 1. The Labute approximate surface area is 178 Å². The van der Waals surface area contributed by atoms with Crippen molar-refractivity contribution in [1.82, 2.24) is 4.98 Å². The van der Waals surface area contributed by atoms with Gasteiger partial charge in [-0.05, 0) is 50.2 Å². The molecule has 0 aliphatic heterocycles. The van der Waals surface area contributed by atoms with Gasteiger partial charge in [0.25, 0.3) is 0 Å². The minimum absolute atomic E-state index is 0.00782. The summed E-state index contributed by atoms with van der Waals surface area (Å²) in [5.41, 5.74) is 2.01. The SMILES string of the molecule is CC=NOCCC(=O)Oc1c(C)[nH]c2ccc(OC)c(C(=O)c3ccc(Cl)cc3)c12. The van der Waals surface area contributed by atoms with Crippen LogP contribution in [0.5, 0.6) is 11.5 Å². The summed E-state index contributed by atoms with van der Waals surface area (Å²) < 4.78 is 11.0. The Balaban J connectivity index is 2.04. The zero-order valence-electron chi connectivity index (χ0n) is 16.8. The van der Waals surface area contributed by atoms with E-state index in [0.29, 0.717) is 38.5 Å². The predicted molar refractivity (Wildman–Crippen MR) is 115 cm³/mol. The lowest BCUT2D eigenvalue weighted by Gasteiger charge is -2.11. The molecular formula is C22H21ClN2O5. The predicted octanol–water partition coefficient (Wildman–Crippen LogP) is 4.69. The number of aromatic nitrogens is 1. The molecule has 0 amide bonds. The molecule has 0 aliphatic rings. The van der Waals surface area contributed by atoms with Crippen LogP contribution in [0.4, 0.5) is 0 Å². The molecule has 0 fully saturated rings. The molecule has 0 atom stereocenters. The maximum Gasteiger partial charge on any atom is 0.314 e. The number of aryl methyl sites for hydroxylation is 1. The summed E-state index contributed by atoms with van der Waals surface area (Å²) in [6.45, 7) is 3.56. The van der Waals surface area contributed by atoms with Crippen molar-refractivity contribution in [2.75, 3.05) is 13.7 Å². The van der Waals surface area contributed by atoms with Crippen LogP contribution in [0.15, 0.2) is 41.6 Å². The number of fused-ring (bicyclic) bond motifs is 1. The fourth-order valence-electron chi connectivity index (χ4n) is 3.06. The summed E-state index contributed by atoms with van der Waals surface area (Å²) >= 11 is 5.95. The average molecular weight is 429 g/mol. The second-order valence-electron chi connectivity index (χ2n) is 6.40. The van der Waals surface area contributed by atoms with Crippen molar-refractivity contribution < 1.29 is 23.9 Å². The van der Waals surface area contributed by atoms with E-state index in [1.807, 2.05) is 0 Å². The number of benzene rings is 2. The van der Waals surface area contributed by atoms with Gasteiger partial charge in [-0.15, -0.1) is 0 Å². The Bertz CT molecular complexity index is 1100. The number of nitrogens with zero attached hydrogens (tertiary/aromatic N) is 1. The summed E-state index contributed by atoms with van der Waals surface area (Å²) in [6.07, 6.45) is 1.49. The van der Waals surface area contributed by atoms with E-state index in [2.05, 4.69) is 10.1 Å². The molecule has 8 heteroatoms. The highest BCUT2D eigenvalue weighted by atomic mass is 35.5. The summed E-state index contributed by atoms with van der Waals surface area (Å²) in [5.74, 6) is -0.117. The van der Waals surface area contributed by atoms with Crippen LogP contribution in [0.3, 0.4) is 0 Å². The molecule has 0 bridgehead atoms. The monoisotopic (exact) mass is 428 g/mol. The third-order valence-corrected chi connectivity index (χ3v) is 4.66. The highest BCUT2D eigenvalue weighted by Gasteiger charge is 2.25. The summed E-state index contributed by atoms with van der Waals surface area (Å²) in [4.78, 5) is 33.7. The molecule has 2 aromatic carbocycles. The van der Waals surface area contributed by atoms with Gasteiger partial charge in [-0.1, -0.05) is 16.8 Å². The summed E-state index contributed by atoms with van der Waals surface area (Å²) in [6, 6.07) is 10.0. The molecule has 3 aromatic rings. The number of aromatic amines is 1. The Hall–Kier alpha value is -3.32. The Morgan fingerprint density at radius 2 is 1.90 bits per heavy atom. The van der Waals surface area contributed by atoms with Gasteiger partial charge in [0.15, 0.2) is 11.5 Å². The number of oxime groups is 1. The van der Waals surface area contributed by atoms with Crippen molar-refractivity contribution in [2.24, 2.45) is 5.16 Å². The first-order valence-electron chi connectivity index (χ1n) is 9.26. The quantitative estimate of drug-likeness (QED) is 0.185. The Morgan fingerprint density at radius 1 is 1.17 bits per heavy atom. The minimum Gasteiger partial charge on any atom is -0.496 e. The second kappa shape index (κ2) is 9.45. The number of halogens is 1. The van der Waals surface area contributed by atoms with Crippen LogP contribution in [0.25, 0.3) is 10.9 Å². The molecule has 1 N–H and O–H groups in total. The van der Waals surface area contributed by atoms with E-state index in [-0.39, 0.29) is 24.6 Å². The second-order valence-corrected chi connectivity index (χ2v) is 6.84. The van der Waals surface area contributed by atoms with Crippen LogP contribution in [0.2, 0.25) is 5.02 Å². The fraction of sp³-hybridized carbons (Fsp3) is 0.227. The fourth-order valence-corrected chi connectivity index (χ4v) is 3.19. The number of carbonyl (C=O) groups is 2. The smallest absolute Gasteiger partial charge is 0.314 e. The maximum atomic E-state index is 13.3. The van der Waals surface area contributed by atoms with Gasteiger partial charge in [-0.3, -0.25) is 9.59 Å². The van der Waals surface area contributed by atoms with Gasteiger partial charge < -0.3 is 19.3 Å². The molecule has 7 nitrogen and oxygen atoms in total. The minimum atomic E-state index is -0.502. The summed E-state index contributed by atoms with van der Waals surface area (Å²) in [7, 11) is 1.48. The number of ether oxygens (including phenoxy) is 2. The number of rotatable bonds is 8. The largest absolute Gasteiger partial charge is 0.496 e. The van der Waals surface area contributed by atoms with E-state index in [0.717, 1.165) is 0 Å². The molecule has 0 unspecified atom stereocenters. The van der Waals surface area contributed by atoms with Crippen molar-refractivity contribution in [1.29, 1.82) is 0 Å². The van der Waals surface area contributed by atoms with Crippen molar-refractivity contribution in [3.63, 3.8) is 0 Å². The van der Waals surface area contributed by atoms with E-state index < -0.39 is 5.97 Å². The molecular weight excluding hydrogens is 408 g/mol. The molecule has 1 aromatic heterocycles. The van der Waals surface area contributed by atoms with Crippen LogP contribution in [-0.2, 0) is 9.63 Å². The van der Waals surface area contributed by atoms with Crippen LogP contribution < -0.4 is 9.47 Å². The van der Waals surface area contributed by atoms with Gasteiger partial charge in [0.2, 0.25) is 0 Å². The molecule has 0 saturated heterocycles. The first-order chi connectivity index (χ1) is 14.5. The third kappa shape index (κ3) is 4.46. The lowest BCUT2D eigenvalue weighted by Crippen LogP contribution is -2.12. The van der Waals surface area contributed by atoms with Gasteiger partial charge >= 0.3 is 5.97 Å². The van der Waals surface area contributed by atoms with Gasteiger partial charge in [0.05, 0.1) is 35.7 Å². The maximum absolute atomic E-state index is 13.3. The van der Waals surface area contributed by atoms with E-state index in [9.17, 15) is 9.59 Å². The molecule has 1 heterocycles. The first-order valence-corrected chi connectivity index (χ1v) is 9.64. The molecule has 0 radical (unpaired) electrons. The first kappa shape index (κ1) is 21.4. The number of methoxy groups -OCH3 is 1. The number of nitrogens with one attached hydrogen (secondary N) is 1. The number of esters is 1. The number of carbonyl (C=O) groups excluding carboxylic acids is 2. The highest BCUT2D eigenvalue weighted by Crippen LogP contribution is 2.38. The van der Waals surface area contributed by atoms with E-state index in [1.54, 1.807) is 50.2 Å². The topological polar surface area (TPSA) is 90.0 Å². The van der Waals surface area contributed by atoms with Crippen molar-refractivity contribution >= 4 is 40.5 Å². The lowest BCUT2D eigenvalue weighted by molar-refractivity contribution is -0.135. The van der Waals surface area contributed by atoms with Crippen molar-refractivity contribution in [2.45, 2.75) is 20.3 Å². The third-order valence-electron chi connectivity index (χ3n) is 4.40. The number of hydrogen-bond acceptors (Lipinski definition) is 6. The van der Waals surface area contributed by atoms with Crippen LogP contribution in [0, 0.1) is 6.92 Å². The van der Waals surface area contributed by atoms with E-state index in [1.165, 1.54) is 13.3 Å². The molecule has 30 heavy (non-hydrogen) atoms. The average Bonchev–Trinajstić information content (AvgIpc) is 3.05. The van der Waals surface area contributed by atoms with Gasteiger partial charge in [-0.2, -0.15) is 0 Å². The van der Waals surface area contributed by atoms with Gasteiger partial charge in [0, 0.05) is 16.8 Å². The van der Waals surface area contributed by atoms with Crippen LogP contribution in [0.1, 0.15) is 35.0 Å². The van der Waals surface area contributed by atoms with Gasteiger partial charge in [-0.25, -0.2) is 0 Å². The van der Waals surface area contributed by atoms with Crippen molar-refractivity contribution in [3.8, 4) is 11.5 Å². The highest BCUT2D eigenvalue weighted by molar-refractivity contribution is 6.30. The zero-order chi connectivity index (χ0) is 21.7. The number of H-pyrrole nitrogens is 1. The normalized spacial score (nSPS) is 11.1. The van der Waals surface area contributed by atoms with Gasteiger partial charge in [0.1, 0.15) is 12.4 Å². The van der Waals surface area contributed by atoms with Crippen LogP contribution >= 0.6 is 11.6 Å². The Morgan fingerprint density at radius 3 is 2.57 bits per heavy atom. The molecule has 156 valence electrons. The summed E-state index contributed by atoms with van der Waals surface area (Å²) in [5, 5.41) is 4.60. The zero-order valence-corrected chi connectivity index (χ0v) is 17.6. The van der Waals surface area contributed by atoms with E-state index >= 15 is 0 Å². The van der Waals surface area contributed by atoms with E-state index in [4.69, 9.17) is 25.9 Å². The molecule has 3 rings (SSSR count). The molecule has 0 saturated carbocycles. The Kier molecular flexibility index (Phi) is 6.74. The number of hydrogen-bond donors (Lipinski definition) is 1.